The van der Waals surface area contributed by atoms with E-state index in [0.717, 1.165) is 0 Å². The third kappa shape index (κ3) is 5.29. The van der Waals surface area contributed by atoms with Crippen LogP contribution >= 0.6 is 11.6 Å². The molecule has 0 fully saturated rings. The highest BCUT2D eigenvalue weighted by Gasteiger charge is 2.37. The van der Waals surface area contributed by atoms with Gasteiger partial charge in [0.05, 0.1) is 11.1 Å². The molecule has 0 spiro atoms. The molecule has 0 aliphatic rings. The van der Waals surface area contributed by atoms with Gasteiger partial charge in [0, 0.05) is 17.3 Å². The normalized spacial score (nSPS) is 12.0. The molecule has 3 nitrogen and oxygen atoms in total. The highest BCUT2D eigenvalue weighted by molar-refractivity contribution is 6.31. The highest BCUT2D eigenvalue weighted by atomic mass is 35.5. The Kier molecular flexibility index (Phi) is 5.70. The van der Waals surface area contributed by atoms with Crippen molar-refractivity contribution >= 4 is 23.3 Å². The molecule has 2 rings (SSSR count). The van der Waals surface area contributed by atoms with Crippen molar-refractivity contribution in [2.75, 3.05) is 5.32 Å². The Morgan fingerprint density at radius 3 is 1.96 bits per heavy atom. The van der Waals surface area contributed by atoms with Crippen LogP contribution in [0.4, 0.5) is 36.8 Å². The third-order valence-electron chi connectivity index (χ3n) is 3.24. The minimum Gasteiger partial charge on any atom is -0.334 e. The predicted octanol–water partition coefficient (Wildman–Crippen LogP) is 5.70. The molecule has 2 N–H and O–H groups in total. The van der Waals surface area contributed by atoms with Gasteiger partial charge in [-0.15, -0.1) is 0 Å². The largest absolute Gasteiger partial charge is 0.416 e. The van der Waals surface area contributed by atoms with E-state index in [2.05, 4.69) is 5.32 Å². The zero-order valence-corrected chi connectivity index (χ0v) is 13.6. The van der Waals surface area contributed by atoms with Crippen molar-refractivity contribution in [3.8, 4) is 0 Å². The number of hydrogen-bond acceptors (Lipinski definition) is 1. The van der Waals surface area contributed by atoms with Gasteiger partial charge in [-0.2, -0.15) is 26.3 Å². The van der Waals surface area contributed by atoms with Gasteiger partial charge in [-0.25, -0.2) is 4.79 Å². The number of nitrogens with one attached hydrogen (secondary N) is 2. The molecule has 0 aliphatic heterocycles. The number of urea groups is 1. The number of anilines is 1. The molecule has 0 heterocycles. The van der Waals surface area contributed by atoms with Crippen LogP contribution in [0.1, 0.15) is 16.7 Å². The fourth-order valence-corrected chi connectivity index (χ4v) is 2.22. The van der Waals surface area contributed by atoms with Gasteiger partial charge in [-0.1, -0.05) is 29.8 Å². The van der Waals surface area contributed by atoms with Gasteiger partial charge in [-0.05, 0) is 29.8 Å². The molecule has 10 heteroatoms. The Balaban J connectivity index is 2.17. The lowest BCUT2D eigenvalue weighted by Crippen LogP contribution is -2.28. The quantitative estimate of drug-likeness (QED) is 0.642. The molecule has 2 amide bonds. The van der Waals surface area contributed by atoms with Gasteiger partial charge in [0.15, 0.2) is 0 Å². The first-order valence-corrected chi connectivity index (χ1v) is 7.42. The summed E-state index contributed by atoms with van der Waals surface area (Å²) in [7, 11) is 0. The molecule has 0 unspecified atom stereocenters. The fourth-order valence-electron chi connectivity index (χ4n) is 2.02. The van der Waals surface area contributed by atoms with Crippen molar-refractivity contribution < 1.29 is 31.1 Å². The van der Waals surface area contributed by atoms with Crippen molar-refractivity contribution in [1.29, 1.82) is 0 Å². The van der Waals surface area contributed by atoms with Crippen LogP contribution in [0.25, 0.3) is 0 Å². The van der Waals surface area contributed by atoms with Crippen LogP contribution in [0.3, 0.4) is 0 Å². The lowest BCUT2D eigenvalue weighted by Gasteiger charge is -2.15. The summed E-state index contributed by atoms with van der Waals surface area (Å²) in [5.41, 5.74) is -3.14. The van der Waals surface area contributed by atoms with Crippen molar-refractivity contribution in [2.45, 2.75) is 18.9 Å². The smallest absolute Gasteiger partial charge is 0.334 e. The predicted molar refractivity (Wildman–Crippen MR) is 83.8 cm³/mol. The molecule has 0 saturated heterocycles. The number of rotatable bonds is 3. The third-order valence-corrected chi connectivity index (χ3v) is 3.61. The molecular weight excluding hydrogens is 386 g/mol. The number of benzene rings is 2. The molecule has 140 valence electrons. The van der Waals surface area contributed by atoms with E-state index in [1.54, 1.807) is 24.3 Å². The number of carbonyl (C=O) groups is 1. The molecule has 0 atom stereocenters. The van der Waals surface area contributed by atoms with E-state index < -0.39 is 35.2 Å². The van der Waals surface area contributed by atoms with Gasteiger partial charge in [0.2, 0.25) is 0 Å². The summed E-state index contributed by atoms with van der Waals surface area (Å²) < 4.78 is 76.7. The van der Waals surface area contributed by atoms with E-state index in [1.165, 1.54) is 0 Å². The van der Waals surface area contributed by atoms with Crippen LogP contribution < -0.4 is 10.6 Å². The summed E-state index contributed by atoms with van der Waals surface area (Å²) in [6.45, 7) is -0.0589. The van der Waals surface area contributed by atoms with Crippen LogP contribution in [0.5, 0.6) is 0 Å². The second-order valence-corrected chi connectivity index (χ2v) is 5.60. The van der Waals surface area contributed by atoms with E-state index in [9.17, 15) is 31.1 Å². The average molecular weight is 397 g/mol. The summed E-state index contributed by atoms with van der Waals surface area (Å²) >= 11 is 5.89. The van der Waals surface area contributed by atoms with E-state index in [-0.39, 0.29) is 12.6 Å². The first kappa shape index (κ1) is 19.9. The van der Waals surface area contributed by atoms with E-state index in [1.807, 2.05) is 5.32 Å². The first-order chi connectivity index (χ1) is 12.0. The molecule has 0 saturated carbocycles. The lowest BCUT2D eigenvalue weighted by molar-refractivity contribution is -0.143. The molecule has 0 aliphatic carbocycles. The van der Waals surface area contributed by atoms with Crippen molar-refractivity contribution in [1.82, 2.24) is 5.32 Å². The van der Waals surface area contributed by atoms with Crippen molar-refractivity contribution in [3.05, 3.63) is 64.2 Å². The van der Waals surface area contributed by atoms with Crippen LogP contribution in [-0.2, 0) is 18.9 Å². The van der Waals surface area contributed by atoms with Crippen molar-refractivity contribution in [3.63, 3.8) is 0 Å². The Hall–Kier alpha value is -2.42. The molecule has 2 aromatic rings. The van der Waals surface area contributed by atoms with E-state index in [0.29, 0.717) is 22.7 Å². The van der Waals surface area contributed by atoms with Gasteiger partial charge in [0.25, 0.3) is 0 Å². The average Bonchev–Trinajstić information content (AvgIpc) is 2.52. The summed E-state index contributed by atoms with van der Waals surface area (Å²) in [5, 5.41) is 4.62. The van der Waals surface area contributed by atoms with Gasteiger partial charge in [0.1, 0.15) is 0 Å². The fraction of sp³-hybridized carbons (Fsp3) is 0.188. The topological polar surface area (TPSA) is 41.1 Å². The van der Waals surface area contributed by atoms with Crippen LogP contribution in [0, 0.1) is 0 Å². The van der Waals surface area contributed by atoms with Crippen LogP contribution in [0.15, 0.2) is 42.5 Å². The SMILES string of the molecule is O=C(NCc1ccccc1Cl)Nc1cc(C(F)(F)F)cc(C(F)(F)F)c1. The molecule has 0 bridgehead atoms. The maximum atomic E-state index is 12.8. The van der Waals surface area contributed by atoms with Gasteiger partial charge in [-0.3, -0.25) is 0 Å². The maximum absolute atomic E-state index is 12.8. The number of hydrogen-bond donors (Lipinski definition) is 2. The second kappa shape index (κ2) is 7.45. The van der Waals surface area contributed by atoms with Crippen LogP contribution in [-0.4, -0.2) is 6.03 Å². The van der Waals surface area contributed by atoms with E-state index >= 15 is 0 Å². The highest BCUT2D eigenvalue weighted by Crippen LogP contribution is 2.37. The van der Waals surface area contributed by atoms with Crippen LogP contribution in [0.2, 0.25) is 5.02 Å². The molecule has 26 heavy (non-hydrogen) atoms. The standard InChI is InChI=1S/C16H11ClF6N2O/c17-13-4-2-1-3-9(13)8-24-14(26)25-12-6-10(15(18,19)20)5-11(7-12)16(21,22)23/h1-7H,8H2,(H2,24,25,26). The summed E-state index contributed by atoms with van der Waals surface area (Å²) in [6.07, 6.45) is -9.99. The van der Waals surface area contributed by atoms with E-state index in [4.69, 9.17) is 11.6 Å². The molecule has 0 radical (unpaired) electrons. The number of halogens is 7. The summed E-state index contributed by atoms with van der Waals surface area (Å²) in [6, 6.07) is 6.34. The number of alkyl halides is 6. The van der Waals surface area contributed by atoms with Crippen molar-refractivity contribution in [2.24, 2.45) is 0 Å². The molecule has 0 aromatic heterocycles. The monoisotopic (exact) mass is 396 g/mol. The minimum atomic E-state index is -4.99. The van der Waals surface area contributed by atoms with Gasteiger partial charge < -0.3 is 10.6 Å². The maximum Gasteiger partial charge on any atom is 0.416 e. The minimum absolute atomic E-state index is 0.0210. The second-order valence-electron chi connectivity index (χ2n) is 5.19. The van der Waals surface area contributed by atoms with Gasteiger partial charge >= 0.3 is 18.4 Å². The summed E-state index contributed by atoms with van der Waals surface area (Å²) in [5.74, 6) is 0. The Bertz CT molecular complexity index is 772. The molecule has 2 aromatic carbocycles. The number of carbonyl (C=O) groups excluding carboxylic acids is 1. The lowest BCUT2D eigenvalue weighted by atomic mass is 10.1. The first-order valence-electron chi connectivity index (χ1n) is 7.04. The summed E-state index contributed by atoms with van der Waals surface area (Å²) in [4.78, 5) is 11.8. The Labute approximate surface area is 149 Å². The zero-order valence-electron chi connectivity index (χ0n) is 12.8. The Morgan fingerprint density at radius 1 is 0.923 bits per heavy atom. The Morgan fingerprint density at radius 2 is 1.46 bits per heavy atom. The molecular formula is C16H11ClF6N2O. The number of amides is 2. The zero-order chi connectivity index (χ0) is 19.5.